The summed E-state index contributed by atoms with van der Waals surface area (Å²) in [6.07, 6.45) is 0.280. The summed E-state index contributed by atoms with van der Waals surface area (Å²) in [5.74, 6) is -1.34. The number of sulfonamides is 1. The van der Waals surface area contributed by atoms with E-state index in [9.17, 15) is 13.2 Å². The number of carboxylic acid groups (broad SMARTS) is 1. The Morgan fingerprint density at radius 3 is 1.82 bits per heavy atom. The van der Waals surface area contributed by atoms with Gasteiger partial charge in [0.05, 0.1) is 0 Å². The molecule has 0 aromatic heterocycles. The lowest BCUT2D eigenvalue weighted by Gasteiger charge is -2.03. The maximum absolute atomic E-state index is 10.6. The second-order valence-corrected chi connectivity index (χ2v) is 5.63. The van der Waals surface area contributed by atoms with Crippen molar-refractivity contribution in [1.82, 2.24) is 0 Å². The van der Waals surface area contributed by atoms with Crippen LogP contribution < -0.4 is 10.9 Å². The minimum atomic E-state index is -3.89. The number of anilines is 1. The van der Waals surface area contributed by atoms with Gasteiger partial charge in [-0.25, -0.2) is 13.6 Å². The lowest BCUT2D eigenvalue weighted by molar-refractivity contribution is -0.137. The van der Waals surface area contributed by atoms with Crippen molar-refractivity contribution in [2.45, 2.75) is 17.6 Å². The second kappa shape index (κ2) is 4.72. The lowest BCUT2D eigenvalue weighted by atomic mass is 10.3. The summed E-state index contributed by atoms with van der Waals surface area (Å²) in [5.41, 5.74) is 6.18. The molecule has 1 aromatic rings. The van der Waals surface area contributed by atoms with Crippen molar-refractivity contribution >= 4 is 21.7 Å². The summed E-state index contributed by atoms with van der Waals surface area (Å²) in [6, 6.07) is 9.49. The number of hydrogen-bond donors (Lipinski definition) is 3. The molecule has 2 rings (SSSR count). The third kappa shape index (κ3) is 3.18. The topological polar surface area (TPSA) is 123 Å². The van der Waals surface area contributed by atoms with Crippen LogP contribution in [0, 0.1) is 0 Å². The molecular formula is C10H14N2O4S. The molecule has 0 heterocycles. The number of carbonyl (C=O) groups is 1. The van der Waals surface area contributed by atoms with Crippen LogP contribution in [0.2, 0.25) is 0 Å². The first-order chi connectivity index (χ1) is 7.79. The van der Waals surface area contributed by atoms with E-state index in [1.165, 1.54) is 0 Å². The van der Waals surface area contributed by atoms with Crippen LogP contribution in [0.3, 0.4) is 0 Å². The zero-order chi connectivity index (χ0) is 13.1. The number of rotatable bonds is 2. The van der Waals surface area contributed by atoms with Gasteiger partial charge in [-0.1, -0.05) is 18.2 Å². The molecule has 1 fully saturated rings. The molecule has 0 atom stereocenters. The van der Waals surface area contributed by atoms with Gasteiger partial charge in [0, 0.05) is 5.69 Å². The van der Waals surface area contributed by atoms with Crippen molar-refractivity contribution < 1.29 is 18.3 Å². The van der Waals surface area contributed by atoms with E-state index in [-0.39, 0.29) is 12.8 Å². The van der Waals surface area contributed by atoms with Gasteiger partial charge in [-0.2, -0.15) is 0 Å². The predicted molar refractivity (Wildman–Crippen MR) is 63.6 cm³/mol. The molecular weight excluding hydrogens is 244 g/mol. The molecule has 7 heteroatoms. The van der Waals surface area contributed by atoms with Crippen molar-refractivity contribution in [3.05, 3.63) is 30.3 Å². The Bertz CT molecular complexity index is 494. The first-order valence-electron chi connectivity index (χ1n) is 4.86. The summed E-state index contributed by atoms with van der Waals surface area (Å²) in [4.78, 5) is 10.3. The van der Waals surface area contributed by atoms with Crippen LogP contribution in [-0.2, 0) is 14.8 Å². The molecule has 0 bridgehead atoms. The highest BCUT2D eigenvalue weighted by atomic mass is 32.2. The summed E-state index contributed by atoms with van der Waals surface area (Å²) >= 11 is 0. The summed E-state index contributed by atoms with van der Waals surface area (Å²) < 4.78 is 19.5. The van der Waals surface area contributed by atoms with Crippen LogP contribution in [0.15, 0.2) is 30.3 Å². The molecule has 1 aromatic carbocycles. The first-order valence-corrected chi connectivity index (χ1v) is 6.40. The van der Waals surface area contributed by atoms with Crippen molar-refractivity contribution in [3.63, 3.8) is 0 Å². The van der Waals surface area contributed by atoms with Gasteiger partial charge in [-0.3, -0.25) is 4.79 Å². The van der Waals surface area contributed by atoms with Crippen LogP contribution in [0.25, 0.3) is 0 Å². The molecule has 0 aliphatic heterocycles. The second-order valence-electron chi connectivity index (χ2n) is 3.76. The minimum absolute atomic E-state index is 0.140. The monoisotopic (exact) mass is 258 g/mol. The Morgan fingerprint density at radius 1 is 1.24 bits per heavy atom. The molecule has 6 nitrogen and oxygen atoms in total. The molecule has 5 N–H and O–H groups in total. The molecule has 0 unspecified atom stereocenters. The van der Waals surface area contributed by atoms with E-state index < -0.39 is 20.7 Å². The molecule has 17 heavy (non-hydrogen) atoms. The number of carboxylic acids is 1. The fourth-order valence-corrected chi connectivity index (χ4v) is 2.10. The van der Waals surface area contributed by atoms with Crippen LogP contribution in [0.5, 0.6) is 0 Å². The standard InChI is InChI=1S/C6H7N.C4H7NO4S/c7-6-4-2-1-3-5-6;5-10(8,9)4(1-2-4)3(6)7/h1-5H,7H2;1-2H2,(H,6,7)(H2,5,8,9). The Kier molecular flexibility index (Phi) is 3.74. The van der Waals surface area contributed by atoms with Gasteiger partial charge in [0.15, 0.2) is 4.75 Å². The van der Waals surface area contributed by atoms with Crippen LogP contribution in [0.4, 0.5) is 5.69 Å². The van der Waals surface area contributed by atoms with Gasteiger partial charge in [0.2, 0.25) is 10.0 Å². The maximum atomic E-state index is 10.6. The van der Waals surface area contributed by atoms with Gasteiger partial charge in [0.25, 0.3) is 0 Å². The van der Waals surface area contributed by atoms with Crippen molar-refractivity contribution in [3.8, 4) is 0 Å². The van der Waals surface area contributed by atoms with E-state index in [2.05, 4.69) is 5.14 Å². The molecule has 0 amide bonds. The van der Waals surface area contributed by atoms with Crippen molar-refractivity contribution in [2.75, 3.05) is 5.73 Å². The number of nitrogens with two attached hydrogens (primary N) is 2. The molecule has 1 aliphatic carbocycles. The van der Waals surface area contributed by atoms with Crippen LogP contribution in [0.1, 0.15) is 12.8 Å². The van der Waals surface area contributed by atoms with Gasteiger partial charge < -0.3 is 10.8 Å². The van der Waals surface area contributed by atoms with E-state index >= 15 is 0 Å². The molecule has 94 valence electrons. The molecule has 1 aliphatic rings. The summed E-state index contributed by atoms with van der Waals surface area (Å²) in [6.45, 7) is 0. The van der Waals surface area contributed by atoms with E-state index in [0.717, 1.165) is 5.69 Å². The van der Waals surface area contributed by atoms with Gasteiger partial charge >= 0.3 is 5.97 Å². The zero-order valence-electron chi connectivity index (χ0n) is 9.04. The quantitative estimate of drug-likeness (QED) is 0.652. The summed E-state index contributed by atoms with van der Waals surface area (Å²) in [7, 11) is -3.89. The maximum Gasteiger partial charge on any atom is 0.326 e. The Morgan fingerprint density at radius 2 is 1.71 bits per heavy atom. The molecule has 1 saturated carbocycles. The SMILES string of the molecule is NS(=O)(=O)C1(C(=O)O)CC1.Nc1ccccc1. The third-order valence-electron chi connectivity index (χ3n) is 2.44. The van der Waals surface area contributed by atoms with Gasteiger partial charge in [-0.15, -0.1) is 0 Å². The first kappa shape index (κ1) is 13.5. The normalized spacial score (nSPS) is 16.5. The fraction of sp³-hybridized carbons (Fsp3) is 0.300. The third-order valence-corrected chi connectivity index (χ3v) is 4.11. The Balaban J connectivity index is 0.000000181. The van der Waals surface area contributed by atoms with Crippen LogP contribution >= 0.6 is 0 Å². The lowest BCUT2D eigenvalue weighted by Crippen LogP contribution is -2.37. The van der Waals surface area contributed by atoms with E-state index in [4.69, 9.17) is 10.8 Å². The van der Waals surface area contributed by atoms with Crippen molar-refractivity contribution in [1.29, 1.82) is 0 Å². The number of para-hydroxylation sites is 1. The minimum Gasteiger partial charge on any atom is -0.480 e. The largest absolute Gasteiger partial charge is 0.480 e. The zero-order valence-corrected chi connectivity index (χ0v) is 9.85. The number of primary sulfonamides is 1. The predicted octanol–water partition coefficient (Wildman–Crippen LogP) is 0.161. The molecule has 0 radical (unpaired) electrons. The van der Waals surface area contributed by atoms with E-state index in [1.54, 1.807) is 0 Å². The van der Waals surface area contributed by atoms with Gasteiger partial charge in [0.1, 0.15) is 0 Å². The Labute approximate surface area is 99.3 Å². The number of nitrogen functional groups attached to an aromatic ring is 1. The van der Waals surface area contributed by atoms with E-state index in [0.29, 0.717) is 0 Å². The van der Waals surface area contributed by atoms with Crippen LogP contribution in [-0.4, -0.2) is 24.2 Å². The number of benzene rings is 1. The smallest absolute Gasteiger partial charge is 0.326 e. The van der Waals surface area contributed by atoms with E-state index in [1.807, 2.05) is 30.3 Å². The molecule has 0 saturated heterocycles. The van der Waals surface area contributed by atoms with Crippen molar-refractivity contribution in [2.24, 2.45) is 5.14 Å². The average Bonchev–Trinajstić information content (AvgIpc) is 2.98. The average molecular weight is 258 g/mol. The molecule has 0 spiro atoms. The summed E-state index contributed by atoms with van der Waals surface area (Å²) in [5, 5.41) is 13.0. The highest BCUT2D eigenvalue weighted by Gasteiger charge is 2.60. The Hall–Kier alpha value is -1.60. The highest BCUT2D eigenvalue weighted by molar-refractivity contribution is 7.91. The fourth-order valence-electron chi connectivity index (χ4n) is 1.19. The highest BCUT2D eigenvalue weighted by Crippen LogP contribution is 2.42. The van der Waals surface area contributed by atoms with Gasteiger partial charge in [-0.05, 0) is 25.0 Å². The number of hydrogen-bond acceptors (Lipinski definition) is 4. The number of aliphatic carboxylic acids is 1.